The van der Waals surface area contributed by atoms with Crippen LogP contribution in [0.15, 0.2) is 24.3 Å². The summed E-state index contributed by atoms with van der Waals surface area (Å²) in [7, 11) is 0. The predicted molar refractivity (Wildman–Crippen MR) is 68.2 cm³/mol. The van der Waals surface area contributed by atoms with Gasteiger partial charge in [0, 0.05) is 5.56 Å². The maximum absolute atomic E-state index is 11.6. The maximum atomic E-state index is 11.6. The molecule has 5 heteroatoms. The highest BCUT2D eigenvalue weighted by molar-refractivity contribution is 6.07. The van der Waals surface area contributed by atoms with Crippen LogP contribution in [0.5, 0.6) is 5.75 Å². The monoisotopic (exact) mass is 264 g/mol. The lowest BCUT2D eigenvalue weighted by atomic mass is 10.1. The molecule has 0 saturated heterocycles. The molecule has 0 aliphatic rings. The fraction of sp³-hybridized carbons (Fsp3) is 0.357. The summed E-state index contributed by atoms with van der Waals surface area (Å²) >= 11 is 0. The fourth-order valence-corrected chi connectivity index (χ4v) is 1.41. The van der Waals surface area contributed by atoms with E-state index in [1.807, 2.05) is 0 Å². The summed E-state index contributed by atoms with van der Waals surface area (Å²) in [4.78, 5) is 33.5. The number of benzene rings is 1. The summed E-state index contributed by atoms with van der Waals surface area (Å²) < 4.78 is 9.90. The second kappa shape index (κ2) is 7.31. The maximum Gasteiger partial charge on any atom is 0.344 e. The van der Waals surface area contributed by atoms with Gasteiger partial charge in [0.15, 0.2) is 12.4 Å². The Morgan fingerprint density at radius 2 is 1.74 bits per heavy atom. The normalized spacial score (nSPS) is 9.79. The van der Waals surface area contributed by atoms with Crippen LogP contribution in [0.1, 0.15) is 30.6 Å². The van der Waals surface area contributed by atoms with Crippen molar-refractivity contribution < 1.29 is 23.9 Å². The van der Waals surface area contributed by atoms with Gasteiger partial charge < -0.3 is 9.47 Å². The standard InChI is InChI=1S/C14H16O5/c1-3-18-14(17)9-19-12-6-4-11(5-7-12)13(16)8-10(2)15/h4-7H,3,8-9H2,1-2H3. The van der Waals surface area contributed by atoms with Gasteiger partial charge in [0.2, 0.25) is 0 Å². The van der Waals surface area contributed by atoms with Gasteiger partial charge in [-0.25, -0.2) is 4.79 Å². The van der Waals surface area contributed by atoms with Gasteiger partial charge in [0.1, 0.15) is 11.5 Å². The summed E-state index contributed by atoms with van der Waals surface area (Å²) in [5.74, 6) is -0.385. The van der Waals surface area contributed by atoms with Crippen LogP contribution in [0.2, 0.25) is 0 Å². The number of rotatable bonds is 7. The number of hydrogen-bond acceptors (Lipinski definition) is 5. The van der Waals surface area contributed by atoms with Crippen LogP contribution in [-0.2, 0) is 14.3 Å². The lowest BCUT2D eigenvalue weighted by Crippen LogP contribution is -2.14. The highest BCUT2D eigenvalue weighted by atomic mass is 16.6. The van der Waals surface area contributed by atoms with Crippen molar-refractivity contribution in [3.63, 3.8) is 0 Å². The minimum absolute atomic E-state index is 0.108. The molecule has 1 aromatic rings. The van der Waals surface area contributed by atoms with E-state index >= 15 is 0 Å². The molecule has 0 N–H and O–H groups in total. The molecular weight excluding hydrogens is 248 g/mol. The van der Waals surface area contributed by atoms with Crippen LogP contribution in [0, 0.1) is 0 Å². The summed E-state index contributed by atoms with van der Waals surface area (Å²) in [6.45, 7) is 3.22. The Morgan fingerprint density at radius 3 is 2.26 bits per heavy atom. The van der Waals surface area contributed by atoms with Crippen molar-refractivity contribution in [2.45, 2.75) is 20.3 Å². The molecule has 1 aromatic carbocycles. The molecule has 0 heterocycles. The van der Waals surface area contributed by atoms with Crippen molar-refractivity contribution >= 4 is 17.5 Å². The molecule has 0 aliphatic carbocycles. The number of hydrogen-bond donors (Lipinski definition) is 0. The third-order valence-electron chi connectivity index (χ3n) is 2.25. The lowest BCUT2D eigenvalue weighted by molar-refractivity contribution is -0.145. The fourth-order valence-electron chi connectivity index (χ4n) is 1.41. The highest BCUT2D eigenvalue weighted by Gasteiger charge is 2.09. The molecule has 0 saturated carbocycles. The smallest absolute Gasteiger partial charge is 0.344 e. The SMILES string of the molecule is CCOC(=O)COc1ccc(C(=O)CC(C)=O)cc1. The van der Waals surface area contributed by atoms with Crippen molar-refractivity contribution in [1.29, 1.82) is 0 Å². The van der Waals surface area contributed by atoms with Crippen LogP contribution in [0.3, 0.4) is 0 Å². The zero-order valence-electron chi connectivity index (χ0n) is 11.0. The molecule has 0 fully saturated rings. The Labute approximate surface area is 111 Å². The largest absolute Gasteiger partial charge is 0.482 e. The van der Waals surface area contributed by atoms with E-state index in [4.69, 9.17) is 9.47 Å². The van der Waals surface area contributed by atoms with Crippen molar-refractivity contribution in [1.82, 2.24) is 0 Å². The van der Waals surface area contributed by atoms with Gasteiger partial charge in [-0.1, -0.05) is 0 Å². The third-order valence-corrected chi connectivity index (χ3v) is 2.25. The van der Waals surface area contributed by atoms with E-state index in [0.29, 0.717) is 17.9 Å². The Kier molecular flexibility index (Phi) is 5.73. The summed E-state index contributed by atoms with van der Waals surface area (Å²) in [6, 6.07) is 6.27. The van der Waals surface area contributed by atoms with Gasteiger partial charge in [-0.3, -0.25) is 9.59 Å². The minimum Gasteiger partial charge on any atom is -0.482 e. The van der Waals surface area contributed by atoms with E-state index in [9.17, 15) is 14.4 Å². The van der Waals surface area contributed by atoms with Gasteiger partial charge >= 0.3 is 5.97 Å². The number of carbonyl (C=O) groups is 3. The quantitative estimate of drug-likeness (QED) is 0.426. The van der Waals surface area contributed by atoms with E-state index in [2.05, 4.69) is 0 Å². The molecule has 0 unspecified atom stereocenters. The topological polar surface area (TPSA) is 69.7 Å². The second-order valence-electron chi connectivity index (χ2n) is 3.92. The summed E-state index contributed by atoms with van der Waals surface area (Å²) in [5.41, 5.74) is 0.443. The van der Waals surface area contributed by atoms with Crippen LogP contribution in [0.25, 0.3) is 0 Å². The average Bonchev–Trinajstić information content (AvgIpc) is 2.36. The Morgan fingerprint density at radius 1 is 1.11 bits per heavy atom. The molecule has 0 radical (unpaired) electrons. The van der Waals surface area contributed by atoms with E-state index in [0.717, 1.165) is 0 Å². The molecule has 1 rings (SSSR count). The zero-order valence-corrected chi connectivity index (χ0v) is 11.0. The number of ketones is 2. The highest BCUT2D eigenvalue weighted by Crippen LogP contribution is 2.13. The third kappa shape index (κ3) is 5.33. The van der Waals surface area contributed by atoms with Crippen molar-refractivity contribution in [3.8, 4) is 5.75 Å². The lowest BCUT2D eigenvalue weighted by Gasteiger charge is -2.06. The average molecular weight is 264 g/mol. The number of ether oxygens (including phenoxy) is 2. The van der Waals surface area contributed by atoms with Crippen LogP contribution < -0.4 is 4.74 Å². The molecule has 0 bridgehead atoms. The van der Waals surface area contributed by atoms with Crippen molar-refractivity contribution in [2.24, 2.45) is 0 Å². The van der Waals surface area contributed by atoms with E-state index in [-0.39, 0.29) is 24.6 Å². The first-order chi connectivity index (χ1) is 9.02. The van der Waals surface area contributed by atoms with E-state index in [1.54, 1.807) is 31.2 Å². The molecule has 5 nitrogen and oxygen atoms in total. The molecule has 0 spiro atoms. The Hall–Kier alpha value is -2.17. The van der Waals surface area contributed by atoms with Crippen LogP contribution in [0.4, 0.5) is 0 Å². The Balaban J connectivity index is 2.54. The first kappa shape index (κ1) is 14.9. The number of esters is 1. The number of carbonyl (C=O) groups excluding carboxylic acids is 3. The number of Topliss-reactive ketones (excluding diaryl/α,β-unsaturated/α-hetero) is 2. The predicted octanol–water partition coefficient (Wildman–Crippen LogP) is 1.79. The molecule has 19 heavy (non-hydrogen) atoms. The van der Waals surface area contributed by atoms with Crippen LogP contribution in [-0.4, -0.2) is 30.7 Å². The van der Waals surface area contributed by atoms with Crippen LogP contribution >= 0.6 is 0 Å². The van der Waals surface area contributed by atoms with E-state index in [1.165, 1.54) is 6.92 Å². The Bertz CT molecular complexity index is 461. The molecule has 0 atom stereocenters. The van der Waals surface area contributed by atoms with Gasteiger partial charge in [-0.05, 0) is 38.1 Å². The van der Waals surface area contributed by atoms with E-state index < -0.39 is 5.97 Å². The van der Waals surface area contributed by atoms with Crippen molar-refractivity contribution in [3.05, 3.63) is 29.8 Å². The van der Waals surface area contributed by atoms with Gasteiger partial charge in [-0.2, -0.15) is 0 Å². The molecule has 0 amide bonds. The first-order valence-electron chi connectivity index (χ1n) is 5.94. The van der Waals surface area contributed by atoms with Gasteiger partial charge in [0.05, 0.1) is 13.0 Å². The molecule has 0 aliphatic heterocycles. The summed E-state index contributed by atoms with van der Waals surface area (Å²) in [6.07, 6.45) is -0.108. The zero-order chi connectivity index (χ0) is 14.3. The molecular formula is C14H16O5. The summed E-state index contributed by atoms with van der Waals surface area (Å²) in [5, 5.41) is 0. The van der Waals surface area contributed by atoms with Crippen molar-refractivity contribution in [2.75, 3.05) is 13.2 Å². The minimum atomic E-state index is -0.445. The second-order valence-corrected chi connectivity index (χ2v) is 3.92. The van der Waals surface area contributed by atoms with Gasteiger partial charge in [0.25, 0.3) is 0 Å². The molecule has 102 valence electrons. The van der Waals surface area contributed by atoms with Gasteiger partial charge in [-0.15, -0.1) is 0 Å². The molecule has 0 aromatic heterocycles. The first-order valence-corrected chi connectivity index (χ1v) is 5.94.